The van der Waals surface area contributed by atoms with Gasteiger partial charge in [-0.2, -0.15) is 0 Å². The minimum Gasteiger partial charge on any atom is -0.385 e. The van der Waals surface area contributed by atoms with E-state index in [9.17, 15) is 5.11 Å². The first-order valence-corrected chi connectivity index (χ1v) is 7.78. The van der Waals surface area contributed by atoms with Crippen LogP contribution in [0.1, 0.15) is 52.9 Å². The van der Waals surface area contributed by atoms with Crippen LogP contribution in [0, 0.1) is 17.8 Å². The average Bonchev–Trinajstić information content (AvgIpc) is 2.36. The molecule has 1 nitrogen and oxygen atoms in total. The lowest BCUT2D eigenvalue weighted by molar-refractivity contribution is 0.0769. The fraction of sp³-hybridized carbons (Fsp3) is 0.667. The first-order valence-electron chi connectivity index (χ1n) is 7.78. The van der Waals surface area contributed by atoms with E-state index in [-0.39, 0.29) is 0 Å². The zero-order chi connectivity index (χ0) is 13.9. The minimum atomic E-state index is -0.599. The van der Waals surface area contributed by atoms with Crippen LogP contribution in [0.5, 0.6) is 0 Å². The summed E-state index contributed by atoms with van der Waals surface area (Å²) in [5.74, 6) is 1.92. The van der Waals surface area contributed by atoms with E-state index in [4.69, 9.17) is 0 Å². The first-order chi connectivity index (χ1) is 9.04. The van der Waals surface area contributed by atoms with Gasteiger partial charge in [-0.1, -0.05) is 56.2 Å². The molecule has 2 aliphatic rings. The van der Waals surface area contributed by atoms with Gasteiger partial charge >= 0.3 is 0 Å². The molecule has 0 saturated carbocycles. The largest absolute Gasteiger partial charge is 0.385 e. The van der Waals surface area contributed by atoms with E-state index in [2.05, 4.69) is 51.2 Å². The first kappa shape index (κ1) is 14.6. The van der Waals surface area contributed by atoms with Crippen molar-refractivity contribution in [2.75, 3.05) is 0 Å². The van der Waals surface area contributed by atoms with E-state index in [0.717, 1.165) is 25.2 Å². The maximum absolute atomic E-state index is 10.7. The van der Waals surface area contributed by atoms with Gasteiger partial charge < -0.3 is 5.11 Å². The predicted octanol–water partition coefficient (Wildman–Crippen LogP) is 4.64. The second kappa shape index (κ2) is 6.09. The molecule has 19 heavy (non-hydrogen) atoms. The molecule has 0 amide bonds. The molecule has 2 aliphatic carbocycles. The van der Waals surface area contributed by atoms with Crippen LogP contribution >= 0.6 is 0 Å². The number of rotatable bonds is 3. The Bertz CT molecular complexity index is 390. The highest BCUT2D eigenvalue weighted by molar-refractivity contribution is 5.17. The van der Waals surface area contributed by atoms with Gasteiger partial charge in [-0.3, -0.25) is 0 Å². The van der Waals surface area contributed by atoms with E-state index >= 15 is 0 Å². The standard InChI is InChI=1S/C18H28O/c1-4-16-9-5-8-15(3)17(16)10-12-18(19)11-6-7-14(2)13-18/h5,7-8,10,12,15-17,19H,4,6,9,11,13H2,1-3H3. The van der Waals surface area contributed by atoms with E-state index in [1.54, 1.807) is 0 Å². The molecule has 0 heterocycles. The topological polar surface area (TPSA) is 20.2 Å². The van der Waals surface area contributed by atoms with Crippen LogP contribution in [0.4, 0.5) is 0 Å². The summed E-state index contributed by atoms with van der Waals surface area (Å²) in [6, 6.07) is 0. The van der Waals surface area contributed by atoms with Crippen molar-refractivity contribution in [1.29, 1.82) is 0 Å². The molecule has 1 N–H and O–H groups in total. The molecule has 0 fully saturated rings. The Kier molecular flexibility index (Phi) is 4.67. The predicted molar refractivity (Wildman–Crippen MR) is 81.9 cm³/mol. The molecule has 0 aromatic heterocycles. The third-order valence-corrected chi connectivity index (χ3v) is 4.84. The summed E-state index contributed by atoms with van der Waals surface area (Å²) in [5.41, 5.74) is 0.722. The highest BCUT2D eigenvalue weighted by atomic mass is 16.3. The van der Waals surface area contributed by atoms with Crippen molar-refractivity contribution in [3.8, 4) is 0 Å². The van der Waals surface area contributed by atoms with E-state index in [1.807, 2.05) is 0 Å². The minimum absolute atomic E-state index is 0.588. The second-order valence-electron chi connectivity index (χ2n) is 6.50. The van der Waals surface area contributed by atoms with Crippen LogP contribution < -0.4 is 0 Å². The Morgan fingerprint density at radius 1 is 1.47 bits per heavy atom. The molecule has 0 radical (unpaired) electrons. The van der Waals surface area contributed by atoms with Gasteiger partial charge in [0.2, 0.25) is 0 Å². The summed E-state index contributed by atoms with van der Waals surface area (Å²) in [5, 5.41) is 10.7. The van der Waals surface area contributed by atoms with Gasteiger partial charge in [0.15, 0.2) is 0 Å². The van der Waals surface area contributed by atoms with E-state index in [0.29, 0.717) is 11.8 Å². The van der Waals surface area contributed by atoms with Crippen LogP contribution in [0.3, 0.4) is 0 Å². The summed E-state index contributed by atoms with van der Waals surface area (Å²) in [7, 11) is 0. The Morgan fingerprint density at radius 3 is 2.95 bits per heavy atom. The molecular formula is C18H28O. The smallest absolute Gasteiger partial charge is 0.0867 e. The normalized spacial score (nSPS) is 39.6. The summed E-state index contributed by atoms with van der Waals surface area (Å²) in [6.07, 6.45) is 16.4. The number of hydrogen-bond donors (Lipinski definition) is 1. The van der Waals surface area contributed by atoms with Gasteiger partial charge in [0.25, 0.3) is 0 Å². The monoisotopic (exact) mass is 260 g/mol. The summed E-state index contributed by atoms with van der Waals surface area (Å²) in [4.78, 5) is 0. The van der Waals surface area contributed by atoms with E-state index < -0.39 is 5.60 Å². The third-order valence-electron chi connectivity index (χ3n) is 4.84. The van der Waals surface area contributed by atoms with Crippen molar-refractivity contribution in [2.45, 2.75) is 58.5 Å². The van der Waals surface area contributed by atoms with Crippen molar-refractivity contribution in [2.24, 2.45) is 17.8 Å². The van der Waals surface area contributed by atoms with Crippen molar-refractivity contribution >= 4 is 0 Å². The van der Waals surface area contributed by atoms with Crippen molar-refractivity contribution in [1.82, 2.24) is 0 Å². The van der Waals surface area contributed by atoms with Gasteiger partial charge in [0.1, 0.15) is 0 Å². The van der Waals surface area contributed by atoms with Gasteiger partial charge in [-0.05, 0) is 43.9 Å². The molecule has 0 aromatic rings. The van der Waals surface area contributed by atoms with Gasteiger partial charge in [-0.25, -0.2) is 0 Å². The van der Waals surface area contributed by atoms with Crippen molar-refractivity contribution in [3.05, 3.63) is 36.0 Å². The van der Waals surface area contributed by atoms with Gasteiger partial charge in [0, 0.05) is 6.42 Å². The number of aliphatic hydroxyl groups is 1. The fourth-order valence-corrected chi connectivity index (χ4v) is 3.60. The molecule has 0 bridgehead atoms. The molecule has 0 aliphatic heterocycles. The van der Waals surface area contributed by atoms with Gasteiger partial charge in [-0.15, -0.1) is 0 Å². The molecule has 0 saturated heterocycles. The fourth-order valence-electron chi connectivity index (χ4n) is 3.60. The lowest BCUT2D eigenvalue weighted by atomic mass is 9.74. The molecule has 0 spiro atoms. The lowest BCUT2D eigenvalue weighted by Gasteiger charge is -2.33. The molecule has 2 rings (SSSR count). The highest BCUT2D eigenvalue weighted by Crippen LogP contribution is 2.35. The highest BCUT2D eigenvalue weighted by Gasteiger charge is 2.29. The maximum Gasteiger partial charge on any atom is 0.0867 e. The summed E-state index contributed by atoms with van der Waals surface area (Å²) < 4.78 is 0. The molecule has 0 aromatic carbocycles. The summed E-state index contributed by atoms with van der Waals surface area (Å²) >= 11 is 0. The zero-order valence-corrected chi connectivity index (χ0v) is 12.6. The lowest BCUT2D eigenvalue weighted by Crippen LogP contribution is -2.29. The number of hydrogen-bond acceptors (Lipinski definition) is 1. The van der Waals surface area contributed by atoms with Crippen LogP contribution in [-0.2, 0) is 0 Å². The van der Waals surface area contributed by atoms with Gasteiger partial charge in [0.05, 0.1) is 5.60 Å². The third kappa shape index (κ3) is 3.60. The van der Waals surface area contributed by atoms with Crippen molar-refractivity contribution in [3.63, 3.8) is 0 Å². The molecule has 4 atom stereocenters. The Morgan fingerprint density at radius 2 is 2.26 bits per heavy atom. The number of allylic oxidation sites excluding steroid dienone is 4. The van der Waals surface area contributed by atoms with Crippen LogP contribution in [0.15, 0.2) is 36.0 Å². The Hall–Kier alpha value is -0.820. The molecule has 4 unspecified atom stereocenters. The van der Waals surface area contributed by atoms with E-state index in [1.165, 1.54) is 18.4 Å². The Balaban J connectivity index is 2.08. The second-order valence-corrected chi connectivity index (χ2v) is 6.50. The van der Waals surface area contributed by atoms with Crippen LogP contribution in [0.25, 0.3) is 0 Å². The molecular weight excluding hydrogens is 232 g/mol. The SMILES string of the molecule is CCC1CC=CC(C)C1C=CC1(O)CCC=C(C)C1. The Labute approximate surface area is 118 Å². The van der Waals surface area contributed by atoms with Crippen LogP contribution in [-0.4, -0.2) is 10.7 Å². The summed E-state index contributed by atoms with van der Waals surface area (Å²) in [6.45, 7) is 6.70. The van der Waals surface area contributed by atoms with Crippen molar-refractivity contribution < 1.29 is 5.11 Å². The quantitative estimate of drug-likeness (QED) is 0.733. The molecule has 106 valence electrons. The maximum atomic E-state index is 10.7. The zero-order valence-electron chi connectivity index (χ0n) is 12.6. The van der Waals surface area contributed by atoms with Crippen LogP contribution in [0.2, 0.25) is 0 Å². The molecule has 1 heteroatoms. The average molecular weight is 260 g/mol.